The molecule has 1 aromatic rings. The van der Waals surface area contributed by atoms with Gasteiger partial charge >= 0.3 is 0 Å². The Bertz CT molecular complexity index is 665. The highest BCUT2D eigenvalue weighted by atomic mass is 16.5. The van der Waals surface area contributed by atoms with Gasteiger partial charge in [-0.15, -0.1) is 0 Å². The lowest BCUT2D eigenvalue weighted by atomic mass is 9.83. The maximum absolute atomic E-state index is 5.96. The van der Waals surface area contributed by atoms with Crippen LogP contribution in [0.3, 0.4) is 0 Å². The summed E-state index contributed by atoms with van der Waals surface area (Å²) in [4.78, 5) is 11.4. The maximum atomic E-state index is 5.96. The molecule has 2 aliphatic heterocycles. The van der Waals surface area contributed by atoms with Gasteiger partial charge in [0.05, 0.1) is 36.3 Å². The second-order valence-corrected chi connectivity index (χ2v) is 7.74. The van der Waals surface area contributed by atoms with Crippen LogP contribution in [0.15, 0.2) is 24.2 Å². The molecule has 2 fully saturated rings. The van der Waals surface area contributed by atoms with Crippen LogP contribution < -0.4 is 15.8 Å². The molecule has 4 atom stereocenters. The Kier molecular flexibility index (Phi) is 5.11. The fourth-order valence-electron chi connectivity index (χ4n) is 4.13. The molecule has 0 bridgehead atoms. The van der Waals surface area contributed by atoms with Crippen molar-refractivity contribution in [3.63, 3.8) is 0 Å². The number of ether oxygens (including phenoxy) is 2. The summed E-state index contributed by atoms with van der Waals surface area (Å²) >= 11 is 0. The number of hydrogen-bond acceptors (Lipinski definition) is 7. The van der Waals surface area contributed by atoms with Crippen LogP contribution >= 0.6 is 0 Å². The van der Waals surface area contributed by atoms with Crippen molar-refractivity contribution in [3.8, 4) is 0 Å². The molecular weight excluding hydrogens is 330 g/mol. The minimum absolute atomic E-state index is 0.166. The number of allylic oxidation sites excluding steroid dienone is 1. The van der Waals surface area contributed by atoms with E-state index < -0.39 is 0 Å². The summed E-state index contributed by atoms with van der Waals surface area (Å²) < 4.78 is 11.6. The summed E-state index contributed by atoms with van der Waals surface area (Å²) in [5.41, 5.74) is 7.94. The average Bonchev–Trinajstić information content (AvgIpc) is 3.04. The summed E-state index contributed by atoms with van der Waals surface area (Å²) in [5, 5.41) is 0. The van der Waals surface area contributed by atoms with E-state index in [2.05, 4.69) is 58.6 Å². The standard InChI is InChI=1S/C19H29N5O2/c1-12(2)26-14-4-5-16-15(8-14)19(23-22-16)17-9-18(21-11-20-17)24-6-7-25-13(3)10-24/h4,9,11-13,15-16,19,22-23H,5-8,10H2,1-3H3/t13-,15+,16-,19-/m1/s1. The largest absolute Gasteiger partial charge is 0.496 e. The zero-order valence-corrected chi connectivity index (χ0v) is 15.8. The molecule has 2 N–H and O–H groups in total. The quantitative estimate of drug-likeness (QED) is 0.851. The first-order chi connectivity index (χ1) is 12.6. The van der Waals surface area contributed by atoms with Crippen LogP contribution in [0.25, 0.3) is 0 Å². The van der Waals surface area contributed by atoms with E-state index in [0.717, 1.165) is 49.8 Å². The van der Waals surface area contributed by atoms with Gasteiger partial charge in [-0.25, -0.2) is 15.4 Å². The Morgan fingerprint density at radius 1 is 1.31 bits per heavy atom. The minimum atomic E-state index is 0.166. The van der Waals surface area contributed by atoms with Crippen LogP contribution in [-0.2, 0) is 9.47 Å². The molecule has 2 saturated heterocycles. The number of nitrogens with zero attached hydrogens (tertiary/aromatic N) is 3. The number of aromatic nitrogens is 2. The van der Waals surface area contributed by atoms with Gasteiger partial charge in [-0.2, -0.15) is 0 Å². The van der Waals surface area contributed by atoms with Gasteiger partial charge in [0, 0.05) is 37.5 Å². The van der Waals surface area contributed by atoms with Crippen molar-refractivity contribution in [2.24, 2.45) is 5.92 Å². The summed E-state index contributed by atoms with van der Waals surface area (Å²) in [6.45, 7) is 8.75. The van der Waals surface area contributed by atoms with Crippen LogP contribution in [0.4, 0.5) is 5.82 Å². The Morgan fingerprint density at radius 2 is 2.19 bits per heavy atom. The van der Waals surface area contributed by atoms with Gasteiger partial charge in [0.1, 0.15) is 12.1 Å². The van der Waals surface area contributed by atoms with Gasteiger partial charge in [-0.3, -0.25) is 5.43 Å². The van der Waals surface area contributed by atoms with Crippen molar-refractivity contribution in [1.82, 2.24) is 20.8 Å². The molecule has 1 aliphatic carbocycles. The minimum Gasteiger partial charge on any atom is -0.496 e. The second kappa shape index (κ2) is 7.50. The van der Waals surface area contributed by atoms with Gasteiger partial charge in [0.25, 0.3) is 0 Å². The molecule has 3 aliphatic rings. The van der Waals surface area contributed by atoms with Crippen LogP contribution in [0.2, 0.25) is 0 Å². The van der Waals surface area contributed by atoms with Gasteiger partial charge in [0.15, 0.2) is 0 Å². The van der Waals surface area contributed by atoms with Crippen molar-refractivity contribution < 1.29 is 9.47 Å². The third-order valence-corrected chi connectivity index (χ3v) is 5.35. The van der Waals surface area contributed by atoms with E-state index in [1.807, 2.05) is 0 Å². The third kappa shape index (κ3) is 3.70. The lowest BCUT2D eigenvalue weighted by Gasteiger charge is -2.32. The van der Waals surface area contributed by atoms with Crippen molar-refractivity contribution in [2.75, 3.05) is 24.6 Å². The zero-order valence-electron chi connectivity index (χ0n) is 15.8. The monoisotopic (exact) mass is 359 g/mol. The number of fused-ring (bicyclic) bond motifs is 1. The lowest BCUT2D eigenvalue weighted by Crippen LogP contribution is -2.41. The molecule has 1 aromatic heterocycles. The molecule has 0 radical (unpaired) electrons. The zero-order chi connectivity index (χ0) is 18.1. The second-order valence-electron chi connectivity index (χ2n) is 7.74. The van der Waals surface area contributed by atoms with Crippen molar-refractivity contribution in [2.45, 2.75) is 57.9 Å². The van der Waals surface area contributed by atoms with Crippen LogP contribution in [0, 0.1) is 5.92 Å². The van der Waals surface area contributed by atoms with Gasteiger partial charge in [-0.1, -0.05) is 0 Å². The highest BCUT2D eigenvalue weighted by Gasteiger charge is 2.40. The molecule has 4 rings (SSSR count). The summed E-state index contributed by atoms with van der Waals surface area (Å²) in [6, 6.07) is 2.71. The summed E-state index contributed by atoms with van der Waals surface area (Å²) in [7, 11) is 0. The van der Waals surface area contributed by atoms with Crippen molar-refractivity contribution in [1.29, 1.82) is 0 Å². The van der Waals surface area contributed by atoms with E-state index in [-0.39, 0.29) is 18.2 Å². The van der Waals surface area contributed by atoms with Crippen molar-refractivity contribution in [3.05, 3.63) is 29.9 Å². The molecule has 7 heteroatoms. The molecule has 3 heterocycles. The molecule has 0 spiro atoms. The molecule has 26 heavy (non-hydrogen) atoms. The highest BCUT2D eigenvalue weighted by Crippen LogP contribution is 2.38. The first kappa shape index (κ1) is 17.7. The van der Waals surface area contributed by atoms with Gasteiger partial charge < -0.3 is 14.4 Å². The molecule has 0 amide bonds. The number of rotatable bonds is 4. The number of nitrogens with one attached hydrogen (secondary N) is 2. The Hall–Kier alpha value is -1.70. The van der Waals surface area contributed by atoms with Crippen LogP contribution in [-0.4, -0.2) is 47.9 Å². The molecular formula is C19H29N5O2. The van der Waals surface area contributed by atoms with Gasteiger partial charge in [0.2, 0.25) is 0 Å². The SMILES string of the molecule is CC(C)OC1=CC[C@H]2NN[C@@H](c3cc(N4CCO[C@H](C)C4)ncn3)[C@H]2C1. The third-order valence-electron chi connectivity index (χ3n) is 5.35. The number of hydrogen-bond donors (Lipinski definition) is 2. The predicted molar refractivity (Wildman–Crippen MR) is 99.5 cm³/mol. The van der Waals surface area contributed by atoms with E-state index in [0.29, 0.717) is 12.0 Å². The lowest BCUT2D eigenvalue weighted by molar-refractivity contribution is 0.0529. The van der Waals surface area contributed by atoms with E-state index in [1.54, 1.807) is 6.33 Å². The fraction of sp³-hybridized carbons (Fsp3) is 0.684. The highest BCUT2D eigenvalue weighted by molar-refractivity contribution is 5.40. The van der Waals surface area contributed by atoms with Crippen molar-refractivity contribution >= 4 is 5.82 Å². The number of morpholine rings is 1. The Balaban J connectivity index is 1.51. The topological polar surface area (TPSA) is 71.5 Å². The molecule has 0 aromatic carbocycles. The Labute approximate surface area is 155 Å². The first-order valence-electron chi connectivity index (χ1n) is 9.65. The number of hydrazine groups is 1. The average molecular weight is 359 g/mol. The van der Waals surface area contributed by atoms with E-state index in [1.165, 1.54) is 0 Å². The van der Waals surface area contributed by atoms with Crippen LogP contribution in [0.5, 0.6) is 0 Å². The molecule has 7 nitrogen and oxygen atoms in total. The van der Waals surface area contributed by atoms with E-state index >= 15 is 0 Å². The first-order valence-corrected chi connectivity index (χ1v) is 9.65. The predicted octanol–water partition coefficient (Wildman–Crippen LogP) is 1.94. The molecule has 0 saturated carbocycles. The summed E-state index contributed by atoms with van der Waals surface area (Å²) in [6.07, 6.45) is 6.27. The smallest absolute Gasteiger partial charge is 0.132 e. The molecule has 0 unspecified atom stereocenters. The number of anilines is 1. The maximum Gasteiger partial charge on any atom is 0.132 e. The summed E-state index contributed by atoms with van der Waals surface area (Å²) in [5.74, 6) is 2.52. The van der Waals surface area contributed by atoms with E-state index in [9.17, 15) is 0 Å². The fourth-order valence-corrected chi connectivity index (χ4v) is 4.13. The van der Waals surface area contributed by atoms with E-state index in [4.69, 9.17) is 9.47 Å². The van der Waals surface area contributed by atoms with Crippen LogP contribution in [0.1, 0.15) is 45.3 Å². The normalized spacial score (nSPS) is 31.7. The van der Waals surface area contributed by atoms with Gasteiger partial charge in [-0.05, 0) is 33.3 Å². The molecule has 142 valence electrons. The Morgan fingerprint density at radius 3 is 3.00 bits per heavy atom.